The number of rotatable bonds is 8. The average Bonchev–Trinajstić information content (AvgIpc) is 2.65. The molecule has 2 aromatic carbocycles. The van der Waals surface area contributed by atoms with Crippen LogP contribution in [0.25, 0.3) is 0 Å². The van der Waals surface area contributed by atoms with Gasteiger partial charge in [0.25, 0.3) is 0 Å². The average molecular weight is 342 g/mol. The van der Waals surface area contributed by atoms with E-state index in [0.717, 1.165) is 17.7 Å². The number of hydrogen-bond acceptors (Lipinski definition) is 5. The predicted octanol–water partition coefficient (Wildman–Crippen LogP) is 2.25. The van der Waals surface area contributed by atoms with Gasteiger partial charge in [-0.1, -0.05) is 24.3 Å². The second-order valence-corrected chi connectivity index (χ2v) is 5.36. The van der Waals surface area contributed by atoms with Gasteiger partial charge in [-0.25, -0.2) is 4.79 Å². The SMILES string of the molecule is COC(=O)c1ccccc1NC(=O)CNCCc1cccc(OC)c1. The molecule has 0 aliphatic carbocycles. The smallest absolute Gasteiger partial charge is 0.339 e. The number of carbonyl (C=O) groups is 2. The van der Waals surface area contributed by atoms with E-state index in [-0.39, 0.29) is 12.5 Å². The van der Waals surface area contributed by atoms with Crippen LogP contribution in [-0.4, -0.2) is 39.2 Å². The molecule has 132 valence electrons. The highest BCUT2D eigenvalue weighted by Crippen LogP contribution is 2.16. The van der Waals surface area contributed by atoms with Gasteiger partial charge in [0, 0.05) is 0 Å². The number of para-hydroxylation sites is 1. The van der Waals surface area contributed by atoms with Gasteiger partial charge in [0.05, 0.1) is 32.0 Å². The van der Waals surface area contributed by atoms with E-state index < -0.39 is 5.97 Å². The quantitative estimate of drug-likeness (QED) is 0.568. The maximum Gasteiger partial charge on any atom is 0.339 e. The van der Waals surface area contributed by atoms with Crippen molar-refractivity contribution >= 4 is 17.6 Å². The highest BCUT2D eigenvalue weighted by molar-refractivity contribution is 6.01. The molecule has 0 bridgehead atoms. The van der Waals surface area contributed by atoms with E-state index in [1.54, 1.807) is 31.4 Å². The number of ether oxygens (including phenoxy) is 2. The van der Waals surface area contributed by atoms with Crippen LogP contribution >= 0.6 is 0 Å². The molecule has 0 aliphatic rings. The maximum absolute atomic E-state index is 12.0. The van der Waals surface area contributed by atoms with Crippen LogP contribution in [0.15, 0.2) is 48.5 Å². The van der Waals surface area contributed by atoms with Crippen molar-refractivity contribution < 1.29 is 19.1 Å². The van der Waals surface area contributed by atoms with Crippen LogP contribution in [0.4, 0.5) is 5.69 Å². The number of amides is 1. The third-order valence-corrected chi connectivity index (χ3v) is 3.62. The van der Waals surface area contributed by atoms with E-state index in [1.165, 1.54) is 7.11 Å². The number of benzene rings is 2. The molecule has 2 aromatic rings. The molecule has 2 N–H and O–H groups in total. The monoisotopic (exact) mass is 342 g/mol. The lowest BCUT2D eigenvalue weighted by molar-refractivity contribution is -0.115. The number of hydrogen-bond donors (Lipinski definition) is 2. The van der Waals surface area contributed by atoms with E-state index >= 15 is 0 Å². The molecule has 6 heteroatoms. The standard InChI is InChI=1S/C19H22N2O4/c1-24-15-7-5-6-14(12-15)10-11-20-13-18(22)21-17-9-4-3-8-16(17)19(23)25-2/h3-9,12,20H,10-11,13H2,1-2H3,(H,21,22). The van der Waals surface area contributed by atoms with Crippen molar-refractivity contribution in [3.63, 3.8) is 0 Å². The van der Waals surface area contributed by atoms with E-state index in [9.17, 15) is 9.59 Å². The molecule has 0 fully saturated rings. The van der Waals surface area contributed by atoms with E-state index in [1.807, 2.05) is 24.3 Å². The minimum Gasteiger partial charge on any atom is -0.497 e. The molecular weight excluding hydrogens is 320 g/mol. The normalized spacial score (nSPS) is 10.2. The molecule has 25 heavy (non-hydrogen) atoms. The lowest BCUT2D eigenvalue weighted by atomic mass is 10.1. The van der Waals surface area contributed by atoms with Crippen molar-refractivity contribution in [2.75, 3.05) is 32.6 Å². The lowest BCUT2D eigenvalue weighted by Gasteiger charge is -2.10. The van der Waals surface area contributed by atoms with Gasteiger partial charge in [0.1, 0.15) is 5.75 Å². The van der Waals surface area contributed by atoms with Crippen molar-refractivity contribution in [1.29, 1.82) is 0 Å². The molecule has 0 aromatic heterocycles. The number of nitrogens with one attached hydrogen (secondary N) is 2. The zero-order chi connectivity index (χ0) is 18.1. The highest BCUT2D eigenvalue weighted by atomic mass is 16.5. The molecule has 0 radical (unpaired) electrons. The molecule has 0 saturated carbocycles. The molecule has 0 spiro atoms. The lowest BCUT2D eigenvalue weighted by Crippen LogP contribution is -2.30. The Labute approximate surface area is 147 Å². The van der Waals surface area contributed by atoms with Crippen molar-refractivity contribution in [3.8, 4) is 5.75 Å². The molecule has 0 aliphatic heterocycles. The summed E-state index contributed by atoms with van der Waals surface area (Å²) in [5.41, 5.74) is 1.90. The van der Waals surface area contributed by atoms with Gasteiger partial charge in [-0.2, -0.15) is 0 Å². The Kier molecular flexibility index (Phi) is 6.98. The minimum absolute atomic E-state index is 0.152. The van der Waals surface area contributed by atoms with Crippen LogP contribution in [0.3, 0.4) is 0 Å². The minimum atomic E-state index is -0.484. The Balaban J connectivity index is 1.80. The third kappa shape index (κ3) is 5.61. The first-order valence-electron chi connectivity index (χ1n) is 7.95. The Bertz CT molecular complexity index is 731. The Hall–Kier alpha value is -2.86. The summed E-state index contributed by atoms with van der Waals surface area (Å²) < 4.78 is 9.89. The van der Waals surface area contributed by atoms with Gasteiger partial charge < -0.3 is 20.1 Å². The molecule has 0 unspecified atom stereocenters. The number of esters is 1. The molecule has 6 nitrogen and oxygen atoms in total. The summed E-state index contributed by atoms with van der Waals surface area (Å²) >= 11 is 0. The fraction of sp³-hybridized carbons (Fsp3) is 0.263. The summed E-state index contributed by atoms with van der Waals surface area (Å²) in [7, 11) is 2.94. The van der Waals surface area contributed by atoms with Gasteiger partial charge >= 0.3 is 5.97 Å². The zero-order valence-corrected chi connectivity index (χ0v) is 14.4. The zero-order valence-electron chi connectivity index (χ0n) is 14.4. The van der Waals surface area contributed by atoms with Gasteiger partial charge in [-0.15, -0.1) is 0 Å². The van der Waals surface area contributed by atoms with Gasteiger partial charge in [-0.3, -0.25) is 4.79 Å². The fourth-order valence-corrected chi connectivity index (χ4v) is 2.34. The van der Waals surface area contributed by atoms with Crippen molar-refractivity contribution in [1.82, 2.24) is 5.32 Å². The fourth-order valence-electron chi connectivity index (χ4n) is 2.34. The van der Waals surface area contributed by atoms with Gasteiger partial charge in [-0.05, 0) is 42.8 Å². The van der Waals surface area contributed by atoms with Crippen molar-refractivity contribution in [2.45, 2.75) is 6.42 Å². The molecule has 1 amide bonds. The summed E-state index contributed by atoms with van der Waals surface area (Å²) in [6.07, 6.45) is 0.781. The molecule has 0 atom stereocenters. The van der Waals surface area contributed by atoms with Gasteiger partial charge in [0.15, 0.2) is 0 Å². The number of carbonyl (C=O) groups excluding carboxylic acids is 2. The number of methoxy groups -OCH3 is 2. The summed E-state index contributed by atoms with van der Waals surface area (Å²) in [5, 5.41) is 5.81. The van der Waals surface area contributed by atoms with E-state index in [0.29, 0.717) is 17.8 Å². The Morgan fingerprint density at radius 2 is 1.84 bits per heavy atom. The predicted molar refractivity (Wildman–Crippen MR) is 96.0 cm³/mol. The van der Waals surface area contributed by atoms with Crippen LogP contribution in [0.2, 0.25) is 0 Å². The molecule has 2 rings (SSSR count). The molecule has 0 heterocycles. The largest absolute Gasteiger partial charge is 0.497 e. The first-order valence-corrected chi connectivity index (χ1v) is 7.95. The Morgan fingerprint density at radius 3 is 2.60 bits per heavy atom. The van der Waals surface area contributed by atoms with Gasteiger partial charge in [0.2, 0.25) is 5.91 Å². The summed E-state index contributed by atoms with van der Waals surface area (Å²) in [6, 6.07) is 14.5. The third-order valence-electron chi connectivity index (χ3n) is 3.62. The van der Waals surface area contributed by atoms with E-state index in [2.05, 4.69) is 10.6 Å². The topological polar surface area (TPSA) is 76.7 Å². The first kappa shape index (κ1) is 18.5. The Morgan fingerprint density at radius 1 is 1.04 bits per heavy atom. The first-order chi connectivity index (χ1) is 12.1. The summed E-state index contributed by atoms with van der Waals surface area (Å²) in [5.74, 6) is 0.110. The van der Waals surface area contributed by atoms with Crippen LogP contribution in [0.5, 0.6) is 5.75 Å². The maximum atomic E-state index is 12.0. The van der Waals surface area contributed by atoms with Crippen molar-refractivity contribution in [3.05, 3.63) is 59.7 Å². The van der Waals surface area contributed by atoms with Crippen LogP contribution in [0.1, 0.15) is 15.9 Å². The molecule has 0 saturated heterocycles. The van der Waals surface area contributed by atoms with E-state index in [4.69, 9.17) is 9.47 Å². The van der Waals surface area contributed by atoms with Crippen LogP contribution in [-0.2, 0) is 16.0 Å². The van der Waals surface area contributed by atoms with Crippen molar-refractivity contribution in [2.24, 2.45) is 0 Å². The second-order valence-electron chi connectivity index (χ2n) is 5.36. The summed E-state index contributed by atoms with van der Waals surface area (Å²) in [4.78, 5) is 23.7. The van der Waals surface area contributed by atoms with Crippen LogP contribution < -0.4 is 15.4 Å². The van der Waals surface area contributed by atoms with Crippen LogP contribution in [0, 0.1) is 0 Å². The number of anilines is 1. The summed E-state index contributed by atoms with van der Waals surface area (Å²) in [6.45, 7) is 0.804. The second kappa shape index (κ2) is 9.44. The molecular formula is C19H22N2O4. The highest BCUT2D eigenvalue weighted by Gasteiger charge is 2.12.